The maximum absolute atomic E-state index is 12.6. The monoisotopic (exact) mass is 388 g/mol. The summed E-state index contributed by atoms with van der Waals surface area (Å²) < 4.78 is 10.7. The number of allylic oxidation sites excluding steroid dienone is 1. The Bertz CT molecular complexity index is 786. The third-order valence-corrected chi connectivity index (χ3v) is 5.53. The number of rotatable bonds is 6. The third kappa shape index (κ3) is 4.03. The Balaban J connectivity index is 1.97. The lowest BCUT2D eigenvalue weighted by Gasteiger charge is -2.38. The molecule has 1 unspecified atom stereocenters. The molecule has 1 atom stereocenters. The Morgan fingerprint density at radius 3 is 2.74 bits per heavy atom. The van der Waals surface area contributed by atoms with Gasteiger partial charge in [0.05, 0.1) is 31.0 Å². The first-order valence-corrected chi connectivity index (χ1v) is 10.1. The number of thioether (sulfide) groups is 1. The number of carbonyl (C=O) groups is 2. The van der Waals surface area contributed by atoms with E-state index >= 15 is 0 Å². The number of aliphatic imine (C=N–C) groups is 1. The maximum Gasteiger partial charge on any atom is 0.338 e. The van der Waals surface area contributed by atoms with Crippen LogP contribution < -0.4 is 4.74 Å². The molecule has 1 amide bonds. The van der Waals surface area contributed by atoms with Crippen molar-refractivity contribution in [3.05, 3.63) is 41.1 Å². The molecule has 27 heavy (non-hydrogen) atoms. The first-order chi connectivity index (χ1) is 13.1. The van der Waals surface area contributed by atoms with Crippen LogP contribution in [-0.2, 0) is 14.3 Å². The van der Waals surface area contributed by atoms with Gasteiger partial charge in [-0.25, -0.2) is 9.79 Å². The number of carbonyl (C=O) groups excluding carboxylic acids is 2. The predicted molar refractivity (Wildman–Crippen MR) is 106 cm³/mol. The van der Waals surface area contributed by atoms with Gasteiger partial charge in [-0.1, -0.05) is 37.2 Å². The van der Waals surface area contributed by atoms with Crippen molar-refractivity contribution >= 4 is 28.8 Å². The second kappa shape index (κ2) is 8.61. The van der Waals surface area contributed by atoms with Gasteiger partial charge in [-0.2, -0.15) is 0 Å². The summed E-state index contributed by atoms with van der Waals surface area (Å²) in [4.78, 5) is 31.2. The zero-order valence-electron chi connectivity index (χ0n) is 15.9. The number of benzene rings is 1. The van der Waals surface area contributed by atoms with E-state index in [0.717, 1.165) is 24.2 Å². The van der Waals surface area contributed by atoms with Gasteiger partial charge in [-0.05, 0) is 31.0 Å². The molecule has 2 aliphatic rings. The van der Waals surface area contributed by atoms with Crippen LogP contribution in [-0.4, -0.2) is 41.4 Å². The second-order valence-corrected chi connectivity index (χ2v) is 7.48. The zero-order valence-corrected chi connectivity index (χ0v) is 16.7. The molecular weight excluding hydrogens is 364 g/mol. The van der Waals surface area contributed by atoms with Crippen molar-refractivity contribution in [2.75, 3.05) is 19.5 Å². The molecule has 1 aromatic rings. The first kappa shape index (κ1) is 19.5. The van der Waals surface area contributed by atoms with Crippen molar-refractivity contribution in [1.29, 1.82) is 0 Å². The van der Waals surface area contributed by atoms with Crippen molar-refractivity contribution in [2.45, 2.75) is 39.2 Å². The van der Waals surface area contributed by atoms with Crippen LogP contribution in [0.3, 0.4) is 0 Å². The van der Waals surface area contributed by atoms with E-state index in [1.165, 1.54) is 18.9 Å². The largest absolute Gasteiger partial charge is 0.494 e. The number of nitrogens with zero attached hydrogens (tertiary/aromatic N) is 2. The molecule has 0 bridgehead atoms. The minimum Gasteiger partial charge on any atom is -0.494 e. The van der Waals surface area contributed by atoms with Crippen molar-refractivity contribution in [3.63, 3.8) is 0 Å². The Hall–Kier alpha value is -2.28. The third-order valence-electron chi connectivity index (χ3n) is 4.57. The molecule has 2 aliphatic heterocycles. The highest BCUT2D eigenvalue weighted by molar-refractivity contribution is 8.14. The molecule has 0 N–H and O–H groups in total. The highest BCUT2D eigenvalue weighted by atomic mass is 32.2. The van der Waals surface area contributed by atoms with E-state index in [2.05, 4.69) is 11.9 Å². The van der Waals surface area contributed by atoms with E-state index in [-0.39, 0.29) is 5.91 Å². The molecule has 2 heterocycles. The van der Waals surface area contributed by atoms with E-state index in [1.54, 1.807) is 11.8 Å². The second-order valence-electron chi connectivity index (χ2n) is 6.42. The Labute approximate surface area is 163 Å². The molecule has 0 spiro atoms. The standard InChI is InChI=1S/C20H24N2O4S/c1-4-5-11-26-15-8-6-14(7-9-15)18-17(19(24)25-3)13(2)21-20-22(18)16(23)10-12-27-20/h6-9,18H,4-5,10-12H2,1-3H3. The predicted octanol–water partition coefficient (Wildman–Crippen LogP) is 3.69. The molecule has 0 radical (unpaired) electrons. The van der Waals surface area contributed by atoms with E-state index in [0.29, 0.717) is 35.2 Å². The number of unbranched alkanes of at least 4 members (excludes halogenated alkanes) is 1. The molecular formula is C20H24N2O4S. The van der Waals surface area contributed by atoms with Crippen LogP contribution in [0, 0.1) is 0 Å². The summed E-state index contributed by atoms with van der Waals surface area (Å²) in [5.41, 5.74) is 1.82. The van der Waals surface area contributed by atoms with Gasteiger partial charge in [0.15, 0.2) is 5.17 Å². The lowest BCUT2D eigenvalue weighted by molar-refractivity contribution is -0.137. The average Bonchev–Trinajstić information content (AvgIpc) is 2.67. The van der Waals surface area contributed by atoms with E-state index in [1.807, 2.05) is 24.3 Å². The normalized spacial score (nSPS) is 19.5. The van der Waals surface area contributed by atoms with Crippen LogP contribution in [0.15, 0.2) is 40.5 Å². The molecule has 6 nitrogen and oxygen atoms in total. The van der Waals surface area contributed by atoms with Gasteiger partial charge in [0.2, 0.25) is 5.91 Å². The Morgan fingerprint density at radius 1 is 1.33 bits per heavy atom. The summed E-state index contributed by atoms with van der Waals surface area (Å²) in [6.07, 6.45) is 2.49. The fourth-order valence-electron chi connectivity index (χ4n) is 3.16. The molecule has 1 aromatic carbocycles. The van der Waals surface area contributed by atoms with E-state index < -0.39 is 12.0 Å². The van der Waals surface area contributed by atoms with Crippen LogP contribution >= 0.6 is 11.8 Å². The number of hydrogen-bond donors (Lipinski definition) is 0. The van der Waals surface area contributed by atoms with Gasteiger partial charge in [0.25, 0.3) is 0 Å². The molecule has 1 fully saturated rings. The number of amidine groups is 1. The minimum atomic E-state index is -0.532. The molecule has 0 saturated carbocycles. The summed E-state index contributed by atoms with van der Waals surface area (Å²) in [6.45, 7) is 4.57. The SMILES string of the molecule is CCCCOc1ccc(C2C(C(=O)OC)=C(C)N=C3SCCC(=O)N32)cc1. The molecule has 144 valence electrons. The number of esters is 1. The van der Waals surface area contributed by atoms with Gasteiger partial charge in [0.1, 0.15) is 5.75 Å². The van der Waals surface area contributed by atoms with Gasteiger partial charge in [-0.3, -0.25) is 9.69 Å². The van der Waals surface area contributed by atoms with Crippen LogP contribution in [0.5, 0.6) is 5.75 Å². The number of amides is 1. The number of fused-ring (bicyclic) bond motifs is 1. The van der Waals surface area contributed by atoms with Gasteiger partial charge < -0.3 is 9.47 Å². The maximum atomic E-state index is 12.6. The summed E-state index contributed by atoms with van der Waals surface area (Å²) in [5, 5.41) is 0.643. The number of ether oxygens (including phenoxy) is 2. The van der Waals surface area contributed by atoms with Crippen molar-refractivity contribution in [2.24, 2.45) is 4.99 Å². The quantitative estimate of drug-likeness (QED) is 0.549. The van der Waals surface area contributed by atoms with Gasteiger partial charge in [0, 0.05) is 12.2 Å². The summed E-state index contributed by atoms with van der Waals surface area (Å²) in [6, 6.07) is 7.02. The van der Waals surface area contributed by atoms with E-state index in [4.69, 9.17) is 9.47 Å². The number of methoxy groups -OCH3 is 1. The minimum absolute atomic E-state index is 0.0327. The lowest BCUT2D eigenvalue weighted by Crippen LogP contribution is -2.45. The first-order valence-electron chi connectivity index (χ1n) is 9.12. The average molecular weight is 388 g/mol. The molecule has 1 saturated heterocycles. The van der Waals surface area contributed by atoms with Crippen LogP contribution in [0.1, 0.15) is 44.7 Å². The van der Waals surface area contributed by atoms with Crippen molar-refractivity contribution in [1.82, 2.24) is 4.90 Å². The number of hydrogen-bond acceptors (Lipinski definition) is 6. The summed E-state index contributed by atoms with van der Waals surface area (Å²) in [5.74, 6) is 0.976. The Kier molecular flexibility index (Phi) is 6.21. The fourth-order valence-corrected chi connectivity index (χ4v) is 4.17. The molecule has 0 aromatic heterocycles. The smallest absolute Gasteiger partial charge is 0.338 e. The fraction of sp³-hybridized carbons (Fsp3) is 0.450. The topological polar surface area (TPSA) is 68.2 Å². The van der Waals surface area contributed by atoms with Gasteiger partial charge >= 0.3 is 5.97 Å². The molecule has 0 aliphatic carbocycles. The van der Waals surface area contributed by atoms with Crippen molar-refractivity contribution in [3.8, 4) is 5.75 Å². The summed E-state index contributed by atoms with van der Waals surface area (Å²) in [7, 11) is 1.34. The lowest BCUT2D eigenvalue weighted by atomic mass is 9.94. The van der Waals surface area contributed by atoms with Gasteiger partial charge in [-0.15, -0.1) is 0 Å². The van der Waals surface area contributed by atoms with Crippen LogP contribution in [0.25, 0.3) is 0 Å². The van der Waals surface area contributed by atoms with Crippen LogP contribution in [0.4, 0.5) is 0 Å². The zero-order chi connectivity index (χ0) is 19.4. The van der Waals surface area contributed by atoms with Crippen molar-refractivity contribution < 1.29 is 19.1 Å². The highest BCUT2D eigenvalue weighted by Gasteiger charge is 2.41. The van der Waals surface area contributed by atoms with E-state index in [9.17, 15) is 9.59 Å². The highest BCUT2D eigenvalue weighted by Crippen LogP contribution is 2.40. The Morgan fingerprint density at radius 2 is 2.07 bits per heavy atom. The summed E-state index contributed by atoms with van der Waals surface area (Å²) >= 11 is 1.54. The van der Waals surface area contributed by atoms with Crippen LogP contribution in [0.2, 0.25) is 0 Å². The molecule has 3 rings (SSSR count). The molecule has 7 heteroatoms.